The Hall–Kier alpha value is -3.85. The van der Waals surface area contributed by atoms with Gasteiger partial charge in [-0.2, -0.15) is 0 Å². The standard InChI is InChI=1S/C25H21FN4O3S/c1-12-13(2)34-25-22(12)23(27-20(11-21(32)33)24-29-28-14(3)30(24)25)16-6-4-15(5-7-16)18-9-8-17(31)10-19(18)26/h4-10,20,31H,11H2,1-3H3,(H,32,33)/t20-/m0/s1. The number of aliphatic carboxylic acids is 1. The first-order valence-electron chi connectivity index (χ1n) is 10.7. The number of carboxylic acid groups (broad SMARTS) is 1. The Morgan fingerprint density at radius 3 is 2.47 bits per heavy atom. The smallest absolute Gasteiger partial charge is 0.306 e. The second-order valence-electron chi connectivity index (χ2n) is 8.24. The van der Waals surface area contributed by atoms with Gasteiger partial charge in [0.15, 0.2) is 5.82 Å². The van der Waals surface area contributed by atoms with Crippen molar-refractivity contribution in [3.63, 3.8) is 0 Å². The van der Waals surface area contributed by atoms with Crippen LogP contribution in [-0.2, 0) is 4.79 Å². The molecule has 4 aromatic rings. The number of benzene rings is 2. The lowest BCUT2D eigenvalue weighted by atomic mass is 9.97. The Bertz CT molecular complexity index is 1470. The number of thiophene rings is 1. The third-order valence-electron chi connectivity index (χ3n) is 6.03. The predicted molar refractivity (Wildman–Crippen MR) is 128 cm³/mol. The largest absolute Gasteiger partial charge is 0.508 e. The molecule has 0 spiro atoms. The summed E-state index contributed by atoms with van der Waals surface area (Å²) < 4.78 is 16.3. The number of carboxylic acids is 1. The van der Waals surface area contributed by atoms with Crippen molar-refractivity contribution in [2.24, 2.45) is 4.99 Å². The Kier molecular flexibility index (Phi) is 5.28. The first kappa shape index (κ1) is 22.0. The van der Waals surface area contributed by atoms with E-state index < -0.39 is 17.8 Å². The van der Waals surface area contributed by atoms with Crippen LogP contribution in [-0.4, -0.2) is 36.7 Å². The molecule has 0 aliphatic carbocycles. The molecule has 2 aromatic carbocycles. The van der Waals surface area contributed by atoms with Gasteiger partial charge in [0.2, 0.25) is 0 Å². The molecule has 34 heavy (non-hydrogen) atoms. The molecule has 0 fully saturated rings. The second kappa shape index (κ2) is 8.18. The minimum Gasteiger partial charge on any atom is -0.508 e. The third-order valence-corrected chi connectivity index (χ3v) is 7.22. The van der Waals surface area contributed by atoms with Gasteiger partial charge in [-0.3, -0.25) is 14.4 Å². The van der Waals surface area contributed by atoms with Crippen molar-refractivity contribution in [3.05, 3.63) is 81.5 Å². The summed E-state index contributed by atoms with van der Waals surface area (Å²) >= 11 is 1.60. The average Bonchev–Trinajstić information content (AvgIpc) is 3.26. The number of halogens is 1. The van der Waals surface area contributed by atoms with Crippen LogP contribution in [0.2, 0.25) is 0 Å². The molecule has 3 heterocycles. The van der Waals surface area contributed by atoms with Gasteiger partial charge in [-0.25, -0.2) is 4.39 Å². The van der Waals surface area contributed by atoms with Crippen LogP contribution >= 0.6 is 11.3 Å². The predicted octanol–water partition coefficient (Wildman–Crippen LogP) is 5.13. The van der Waals surface area contributed by atoms with E-state index in [2.05, 4.69) is 10.2 Å². The van der Waals surface area contributed by atoms with Crippen molar-refractivity contribution in [2.45, 2.75) is 33.2 Å². The molecule has 2 N–H and O–H groups in total. The van der Waals surface area contributed by atoms with Gasteiger partial charge in [-0.05, 0) is 44.0 Å². The number of hydrogen-bond donors (Lipinski definition) is 2. The van der Waals surface area contributed by atoms with Crippen LogP contribution in [0.3, 0.4) is 0 Å². The SMILES string of the molecule is Cc1sc2c(c1C)C(c1ccc(-c3ccc(O)cc3F)cc1)=N[C@@H](CC(=O)O)c1nnc(C)n1-2. The molecule has 0 amide bonds. The van der Waals surface area contributed by atoms with Crippen molar-refractivity contribution >= 4 is 23.0 Å². The van der Waals surface area contributed by atoms with E-state index in [-0.39, 0.29) is 12.2 Å². The van der Waals surface area contributed by atoms with E-state index in [1.165, 1.54) is 12.1 Å². The number of phenols is 1. The molecule has 5 rings (SSSR count). The number of rotatable bonds is 4. The molecular formula is C25H21FN4O3S. The van der Waals surface area contributed by atoms with Crippen LogP contribution in [0.1, 0.15) is 45.7 Å². The summed E-state index contributed by atoms with van der Waals surface area (Å²) in [5, 5.41) is 28.4. The Morgan fingerprint density at radius 1 is 1.09 bits per heavy atom. The molecule has 0 saturated carbocycles. The molecule has 0 radical (unpaired) electrons. The van der Waals surface area contributed by atoms with Crippen LogP contribution < -0.4 is 0 Å². The van der Waals surface area contributed by atoms with Crippen molar-refractivity contribution in [1.29, 1.82) is 0 Å². The second-order valence-corrected chi connectivity index (χ2v) is 9.44. The fraction of sp³-hybridized carbons (Fsp3) is 0.200. The van der Waals surface area contributed by atoms with E-state index in [0.717, 1.165) is 32.6 Å². The van der Waals surface area contributed by atoms with Crippen molar-refractivity contribution in [2.75, 3.05) is 0 Å². The number of aryl methyl sites for hydroxylation is 2. The van der Waals surface area contributed by atoms with Gasteiger partial charge in [0.1, 0.15) is 28.4 Å². The highest BCUT2D eigenvalue weighted by Crippen LogP contribution is 2.39. The molecule has 7 nitrogen and oxygen atoms in total. The molecule has 172 valence electrons. The minimum atomic E-state index is -0.975. The summed E-state index contributed by atoms with van der Waals surface area (Å²) in [6.45, 7) is 5.91. The molecular weight excluding hydrogens is 455 g/mol. The number of fused-ring (bicyclic) bond motifs is 3. The van der Waals surface area contributed by atoms with Crippen molar-refractivity contribution < 1.29 is 19.4 Å². The number of nitrogens with zero attached hydrogens (tertiary/aromatic N) is 4. The lowest BCUT2D eigenvalue weighted by molar-refractivity contribution is -0.137. The average molecular weight is 477 g/mol. The zero-order valence-corrected chi connectivity index (χ0v) is 19.5. The van der Waals surface area contributed by atoms with E-state index in [1.54, 1.807) is 23.5 Å². The molecule has 1 atom stereocenters. The number of phenolic OH excluding ortho intramolecular Hbond substituents is 1. The van der Waals surface area contributed by atoms with Gasteiger partial charge >= 0.3 is 5.97 Å². The molecule has 9 heteroatoms. The zero-order valence-electron chi connectivity index (χ0n) is 18.7. The number of carbonyl (C=O) groups is 1. The van der Waals surface area contributed by atoms with Crippen LogP contribution in [0.15, 0.2) is 47.5 Å². The van der Waals surface area contributed by atoms with Gasteiger partial charge in [0, 0.05) is 27.6 Å². The number of aliphatic imine (C=N–C) groups is 1. The highest BCUT2D eigenvalue weighted by Gasteiger charge is 2.32. The van der Waals surface area contributed by atoms with E-state index in [4.69, 9.17) is 4.99 Å². The van der Waals surface area contributed by atoms with Gasteiger partial charge in [0.25, 0.3) is 0 Å². The maximum Gasteiger partial charge on any atom is 0.306 e. The molecule has 2 aromatic heterocycles. The normalized spacial score (nSPS) is 14.8. The summed E-state index contributed by atoms with van der Waals surface area (Å²) in [5.41, 5.74) is 4.47. The molecule has 1 aliphatic heterocycles. The Morgan fingerprint density at radius 2 is 1.79 bits per heavy atom. The highest BCUT2D eigenvalue weighted by atomic mass is 32.1. The first-order chi connectivity index (χ1) is 16.2. The summed E-state index contributed by atoms with van der Waals surface area (Å²) in [5.74, 6) is -0.450. The summed E-state index contributed by atoms with van der Waals surface area (Å²) in [7, 11) is 0. The minimum absolute atomic E-state index is 0.131. The van der Waals surface area contributed by atoms with Gasteiger partial charge in [-0.1, -0.05) is 24.3 Å². The van der Waals surface area contributed by atoms with Crippen LogP contribution in [0, 0.1) is 26.6 Å². The van der Waals surface area contributed by atoms with Crippen LogP contribution in [0.5, 0.6) is 5.75 Å². The number of hydrogen-bond acceptors (Lipinski definition) is 6. The van der Waals surface area contributed by atoms with Crippen molar-refractivity contribution in [3.8, 4) is 21.9 Å². The van der Waals surface area contributed by atoms with E-state index in [0.29, 0.717) is 28.5 Å². The molecule has 0 bridgehead atoms. The Balaban J connectivity index is 1.68. The third kappa shape index (κ3) is 3.58. The molecule has 0 saturated heterocycles. The molecule has 1 aliphatic rings. The zero-order chi connectivity index (χ0) is 24.1. The number of aromatic hydroxyl groups is 1. The van der Waals surface area contributed by atoms with Gasteiger partial charge in [0.05, 0.1) is 12.1 Å². The molecule has 0 unspecified atom stereocenters. The summed E-state index contributed by atoms with van der Waals surface area (Å²) in [6, 6.07) is 10.7. The topological polar surface area (TPSA) is 101 Å². The van der Waals surface area contributed by atoms with E-state index in [9.17, 15) is 19.4 Å². The van der Waals surface area contributed by atoms with E-state index in [1.807, 2.05) is 37.5 Å². The lowest BCUT2D eigenvalue weighted by Gasteiger charge is -2.12. The fourth-order valence-corrected chi connectivity index (χ4v) is 5.45. The quantitative estimate of drug-likeness (QED) is 0.425. The van der Waals surface area contributed by atoms with Crippen LogP contribution in [0.25, 0.3) is 16.1 Å². The maximum absolute atomic E-state index is 14.4. The first-order valence-corrected chi connectivity index (χ1v) is 11.5. The fourth-order valence-electron chi connectivity index (χ4n) is 4.24. The maximum atomic E-state index is 14.4. The lowest BCUT2D eigenvalue weighted by Crippen LogP contribution is -2.10. The van der Waals surface area contributed by atoms with Crippen LogP contribution in [0.4, 0.5) is 4.39 Å². The Labute approximate surface area is 198 Å². The summed E-state index contributed by atoms with van der Waals surface area (Å²) in [6.07, 6.45) is -0.217. The van der Waals surface area contributed by atoms with Gasteiger partial charge in [-0.15, -0.1) is 21.5 Å². The monoisotopic (exact) mass is 476 g/mol. The van der Waals surface area contributed by atoms with Gasteiger partial charge < -0.3 is 10.2 Å². The highest BCUT2D eigenvalue weighted by molar-refractivity contribution is 7.15. The number of aromatic nitrogens is 3. The van der Waals surface area contributed by atoms with E-state index >= 15 is 0 Å². The van der Waals surface area contributed by atoms with Crippen molar-refractivity contribution in [1.82, 2.24) is 14.8 Å². The summed E-state index contributed by atoms with van der Waals surface area (Å²) in [4.78, 5) is 17.7.